The van der Waals surface area contributed by atoms with Gasteiger partial charge in [0.15, 0.2) is 0 Å². The molecule has 0 aliphatic heterocycles. The molecule has 0 saturated heterocycles. The highest BCUT2D eigenvalue weighted by Crippen LogP contribution is 2.23. The Morgan fingerprint density at radius 3 is 2.62 bits per heavy atom. The SMILES string of the molecule is CCOc1cccc(/C(=C/c2cccc(C)c2)C(=O)O)c1. The van der Waals surface area contributed by atoms with E-state index < -0.39 is 5.97 Å². The average molecular weight is 282 g/mol. The molecule has 0 saturated carbocycles. The van der Waals surface area contributed by atoms with Crippen molar-refractivity contribution in [1.29, 1.82) is 0 Å². The lowest BCUT2D eigenvalue weighted by molar-refractivity contribution is -0.130. The van der Waals surface area contributed by atoms with Crippen LogP contribution in [0.2, 0.25) is 0 Å². The van der Waals surface area contributed by atoms with Crippen molar-refractivity contribution in [2.45, 2.75) is 13.8 Å². The van der Waals surface area contributed by atoms with E-state index in [9.17, 15) is 9.90 Å². The van der Waals surface area contributed by atoms with Gasteiger partial charge in [0.2, 0.25) is 0 Å². The number of aryl methyl sites for hydroxylation is 1. The smallest absolute Gasteiger partial charge is 0.336 e. The number of hydrogen-bond acceptors (Lipinski definition) is 2. The van der Waals surface area contributed by atoms with Crippen molar-refractivity contribution in [3.05, 3.63) is 65.2 Å². The number of aliphatic carboxylic acids is 1. The summed E-state index contributed by atoms with van der Waals surface area (Å²) in [5.41, 5.74) is 2.85. The van der Waals surface area contributed by atoms with Crippen molar-refractivity contribution in [1.82, 2.24) is 0 Å². The van der Waals surface area contributed by atoms with Gasteiger partial charge in [0.1, 0.15) is 5.75 Å². The first kappa shape index (κ1) is 14.9. The zero-order valence-corrected chi connectivity index (χ0v) is 12.2. The Morgan fingerprint density at radius 2 is 1.95 bits per heavy atom. The standard InChI is InChI=1S/C18H18O3/c1-3-21-16-9-5-8-15(12-16)17(18(19)20)11-14-7-4-6-13(2)10-14/h4-12H,3H2,1-2H3,(H,19,20)/b17-11-. The molecule has 3 heteroatoms. The maximum absolute atomic E-state index is 11.5. The first-order valence-corrected chi connectivity index (χ1v) is 6.85. The Labute approximate surface area is 124 Å². The fourth-order valence-electron chi connectivity index (χ4n) is 2.12. The quantitative estimate of drug-likeness (QED) is 0.665. The van der Waals surface area contributed by atoms with Crippen molar-refractivity contribution in [2.24, 2.45) is 0 Å². The lowest BCUT2D eigenvalue weighted by atomic mass is 10.0. The molecule has 0 aromatic heterocycles. The summed E-state index contributed by atoms with van der Waals surface area (Å²) in [6.07, 6.45) is 1.68. The fourth-order valence-corrected chi connectivity index (χ4v) is 2.12. The maximum Gasteiger partial charge on any atom is 0.336 e. The third kappa shape index (κ3) is 3.96. The third-order valence-electron chi connectivity index (χ3n) is 3.04. The minimum absolute atomic E-state index is 0.252. The van der Waals surface area contributed by atoms with Crippen LogP contribution in [0.3, 0.4) is 0 Å². The molecule has 2 rings (SSSR count). The lowest BCUT2D eigenvalue weighted by Gasteiger charge is -2.07. The van der Waals surface area contributed by atoms with Crippen LogP contribution in [0.4, 0.5) is 0 Å². The van der Waals surface area contributed by atoms with Crippen LogP contribution < -0.4 is 4.74 Å². The third-order valence-corrected chi connectivity index (χ3v) is 3.04. The summed E-state index contributed by atoms with van der Waals surface area (Å²) < 4.78 is 5.43. The van der Waals surface area contributed by atoms with E-state index in [2.05, 4.69) is 0 Å². The van der Waals surface area contributed by atoms with E-state index in [1.165, 1.54) is 0 Å². The number of hydrogen-bond donors (Lipinski definition) is 1. The van der Waals surface area contributed by atoms with Gasteiger partial charge in [-0.25, -0.2) is 4.79 Å². The Hall–Kier alpha value is -2.55. The van der Waals surface area contributed by atoms with Gasteiger partial charge in [-0.1, -0.05) is 42.0 Å². The van der Waals surface area contributed by atoms with Gasteiger partial charge in [0.25, 0.3) is 0 Å². The molecule has 3 nitrogen and oxygen atoms in total. The molecule has 0 aliphatic rings. The molecule has 0 fully saturated rings. The fraction of sp³-hybridized carbons (Fsp3) is 0.167. The summed E-state index contributed by atoms with van der Waals surface area (Å²) in [6.45, 7) is 4.42. The van der Waals surface area contributed by atoms with Gasteiger partial charge in [-0.3, -0.25) is 0 Å². The second-order valence-corrected chi connectivity index (χ2v) is 4.74. The second kappa shape index (κ2) is 6.75. The topological polar surface area (TPSA) is 46.5 Å². The highest BCUT2D eigenvalue weighted by Gasteiger charge is 2.11. The second-order valence-electron chi connectivity index (χ2n) is 4.74. The Morgan fingerprint density at radius 1 is 1.19 bits per heavy atom. The molecule has 2 aromatic carbocycles. The number of rotatable bonds is 5. The van der Waals surface area contributed by atoms with Crippen molar-refractivity contribution in [2.75, 3.05) is 6.61 Å². The molecule has 0 spiro atoms. The van der Waals surface area contributed by atoms with Crippen LogP contribution in [0.1, 0.15) is 23.6 Å². The predicted molar refractivity (Wildman–Crippen MR) is 84.3 cm³/mol. The number of carboxylic acid groups (broad SMARTS) is 1. The number of carboxylic acids is 1. The normalized spacial score (nSPS) is 11.2. The summed E-state index contributed by atoms with van der Waals surface area (Å²) in [5, 5.41) is 9.47. The minimum atomic E-state index is -0.954. The van der Waals surface area contributed by atoms with Gasteiger partial charge < -0.3 is 9.84 Å². The van der Waals surface area contributed by atoms with Crippen molar-refractivity contribution in [3.8, 4) is 5.75 Å². The molecule has 0 bridgehead atoms. The van der Waals surface area contributed by atoms with Gasteiger partial charge >= 0.3 is 5.97 Å². The van der Waals surface area contributed by atoms with Crippen LogP contribution in [0.25, 0.3) is 11.6 Å². The monoisotopic (exact) mass is 282 g/mol. The Balaban J connectivity index is 2.44. The van der Waals surface area contributed by atoms with Crippen LogP contribution in [-0.2, 0) is 4.79 Å². The van der Waals surface area contributed by atoms with Crippen LogP contribution in [-0.4, -0.2) is 17.7 Å². The zero-order chi connectivity index (χ0) is 15.2. The number of carbonyl (C=O) groups is 1. The van der Waals surface area contributed by atoms with Gasteiger partial charge in [0, 0.05) is 0 Å². The zero-order valence-electron chi connectivity index (χ0n) is 12.2. The highest BCUT2D eigenvalue weighted by atomic mass is 16.5. The number of ether oxygens (including phenoxy) is 1. The van der Waals surface area contributed by atoms with Gasteiger partial charge in [0.05, 0.1) is 12.2 Å². The van der Waals surface area contributed by atoms with E-state index in [0.29, 0.717) is 17.9 Å². The maximum atomic E-state index is 11.5. The Bertz CT molecular complexity index is 672. The summed E-state index contributed by atoms with van der Waals surface area (Å²) in [4.78, 5) is 11.5. The van der Waals surface area contributed by atoms with Crippen molar-refractivity contribution < 1.29 is 14.6 Å². The van der Waals surface area contributed by atoms with Crippen LogP contribution in [0.15, 0.2) is 48.5 Å². The molecule has 21 heavy (non-hydrogen) atoms. The van der Waals surface area contributed by atoms with E-state index >= 15 is 0 Å². The van der Waals surface area contributed by atoms with Crippen molar-refractivity contribution >= 4 is 17.6 Å². The van der Waals surface area contributed by atoms with Gasteiger partial charge in [-0.05, 0) is 43.2 Å². The molecule has 0 heterocycles. The minimum Gasteiger partial charge on any atom is -0.494 e. The molecule has 108 valence electrons. The molecule has 0 radical (unpaired) electrons. The number of benzene rings is 2. The van der Waals surface area contributed by atoms with E-state index in [-0.39, 0.29) is 5.57 Å². The van der Waals surface area contributed by atoms with Crippen LogP contribution in [0, 0.1) is 6.92 Å². The molecule has 0 aliphatic carbocycles. The molecule has 0 unspecified atom stereocenters. The summed E-state index contributed by atoms with van der Waals surface area (Å²) in [6, 6.07) is 14.9. The highest BCUT2D eigenvalue weighted by molar-refractivity contribution is 6.20. The van der Waals surface area contributed by atoms with E-state index in [1.54, 1.807) is 24.3 Å². The van der Waals surface area contributed by atoms with Crippen molar-refractivity contribution in [3.63, 3.8) is 0 Å². The summed E-state index contributed by atoms with van der Waals surface area (Å²) >= 11 is 0. The molecule has 0 atom stereocenters. The van der Waals surface area contributed by atoms with E-state index in [1.807, 2.05) is 44.2 Å². The average Bonchev–Trinajstić information content (AvgIpc) is 2.45. The van der Waals surface area contributed by atoms with Crippen LogP contribution >= 0.6 is 0 Å². The van der Waals surface area contributed by atoms with Gasteiger partial charge in [-0.15, -0.1) is 0 Å². The van der Waals surface area contributed by atoms with Crippen LogP contribution in [0.5, 0.6) is 5.75 Å². The molecular formula is C18H18O3. The molecule has 1 N–H and O–H groups in total. The van der Waals surface area contributed by atoms with E-state index in [0.717, 1.165) is 11.1 Å². The molecule has 2 aromatic rings. The summed E-state index contributed by atoms with van der Waals surface area (Å²) in [7, 11) is 0. The lowest BCUT2D eigenvalue weighted by Crippen LogP contribution is -2.00. The first-order chi connectivity index (χ1) is 10.1. The molecule has 0 amide bonds. The summed E-state index contributed by atoms with van der Waals surface area (Å²) in [5.74, 6) is -0.281. The largest absolute Gasteiger partial charge is 0.494 e. The predicted octanol–water partition coefficient (Wildman–Crippen LogP) is 4.02. The van der Waals surface area contributed by atoms with Gasteiger partial charge in [-0.2, -0.15) is 0 Å². The first-order valence-electron chi connectivity index (χ1n) is 6.85. The van der Waals surface area contributed by atoms with E-state index in [4.69, 9.17) is 4.74 Å². The Kier molecular flexibility index (Phi) is 4.77. The molecular weight excluding hydrogens is 264 g/mol.